The molecule has 28 heavy (non-hydrogen) atoms. The van der Waals surface area contributed by atoms with E-state index in [9.17, 15) is 13.2 Å². The first-order chi connectivity index (χ1) is 13.5. The van der Waals surface area contributed by atoms with Crippen molar-refractivity contribution in [2.75, 3.05) is 31.1 Å². The van der Waals surface area contributed by atoms with Gasteiger partial charge in [0, 0.05) is 56.2 Å². The fourth-order valence-electron chi connectivity index (χ4n) is 4.72. The summed E-state index contributed by atoms with van der Waals surface area (Å²) in [5, 5.41) is 0. The third-order valence-corrected chi connectivity index (χ3v) is 6.17. The molecule has 0 bridgehead atoms. The molecular weight excluding hydrogens is 365 g/mol. The van der Waals surface area contributed by atoms with Gasteiger partial charge in [0.1, 0.15) is 5.82 Å². The van der Waals surface area contributed by atoms with E-state index in [2.05, 4.69) is 19.8 Å². The highest BCUT2D eigenvalue weighted by molar-refractivity contribution is 5.49. The van der Waals surface area contributed by atoms with Gasteiger partial charge >= 0.3 is 6.18 Å². The summed E-state index contributed by atoms with van der Waals surface area (Å²) < 4.78 is 39.1. The summed E-state index contributed by atoms with van der Waals surface area (Å²) in [7, 11) is 0. The molecule has 0 amide bonds. The highest BCUT2D eigenvalue weighted by atomic mass is 19.4. The number of nitrogens with one attached hydrogen (secondary N) is 1. The minimum absolute atomic E-state index is 0.414. The van der Waals surface area contributed by atoms with E-state index < -0.39 is 11.7 Å². The van der Waals surface area contributed by atoms with Crippen LogP contribution < -0.4 is 4.90 Å². The number of alkyl halides is 3. The average molecular weight is 392 g/mol. The van der Waals surface area contributed by atoms with E-state index in [1.54, 1.807) is 6.07 Å². The zero-order valence-corrected chi connectivity index (χ0v) is 16.0. The SMILES string of the molecule is FC(F)(F)c1cccc(N2CCN(C3CCCCCC3c3ncc[nH]3)CC2)c1. The van der Waals surface area contributed by atoms with Gasteiger partial charge in [0.2, 0.25) is 0 Å². The van der Waals surface area contributed by atoms with E-state index in [4.69, 9.17) is 0 Å². The van der Waals surface area contributed by atoms with Gasteiger partial charge < -0.3 is 9.88 Å². The molecule has 4 nitrogen and oxygen atoms in total. The number of rotatable bonds is 3. The Balaban J connectivity index is 1.44. The van der Waals surface area contributed by atoms with Crippen LogP contribution in [0, 0.1) is 0 Å². The fraction of sp³-hybridized carbons (Fsp3) is 0.571. The van der Waals surface area contributed by atoms with Crippen molar-refractivity contribution in [3.05, 3.63) is 48.0 Å². The minimum Gasteiger partial charge on any atom is -0.369 e. The summed E-state index contributed by atoms with van der Waals surface area (Å²) in [5.41, 5.74) is 0.0898. The number of aromatic nitrogens is 2. The van der Waals surface area contributed by atoms with Crippen molar-refractivity contribution in [2.45, 2.75) is 50.2 Å². The largest absolute Gasteiger partial charge is 0.416 e. The summed E-state index contributed by atoms with van der Waals surface area (Å²) in [6, 6.07) is 6.15. The lowest BCUT2D eigenvalue weighted by molar-refractivity contribution is -0.137. The number of anilines is 1. The number of piperazine rings is 1. The van der Waals surface area contributed by atoms with Crippen LogP contribution in [0.1, 0.15) is 49.4 Å². The molecule has 2 unspecified atom stereocenters. The molecule has 2 heterocycles. The Morgan fingerprint density at radius 1 is 1.00 bits per heavy atom. The number of hydrogen-bond acceptors (Lipinski definition) is 3. The van der Waals surface area contributed by atoms with Crippen LogP contribution in [-0.4, -0.2) is 47.1 Å². The molecule has 1 saturated carbocycles. The molecule has 0 radical (unpaired) electrons. The monoisotopic (exact) mass is 392 g/mol. The minimum atomic E-state index is -4.30. The molecule has 1 saturated heterocycles. The Kier molecular flexibility index (Phi) is 5.62. The smallest absolute Gasteiger partial charge is 0.369 e. The Morgan fingerprint density at radius 2 is 1.79 bits per heavy atom. The number of nitrogens with zero attached hydrogens (tertiary/aromatic N) is 3. The maximum atomic E-state index is 13.0. The van der Waals surface area contributed by atoms with Crippen LogP contribution in [0.2, 0.25) is 0 Å². The van der Waals surface area contributed by atoms with Gasteiger partial charge in [-0.2, -0.15) is 13.2 Å². The van der Waals surface area contributed by atoms with Crippen LogP contribution >= 0.6 is 0 Å². The maximum absolute atomic E-state index is 13.0. The summed E-state index contributed by atoms with van der Waals surface area (Å²) >= 11 is 0. The second-order valence-electron chi connectivity index (χ2n) is 7.86. The Hall–Kier alpha value is -2.02. The molecule has 0 spiro atoms. The van der Waals surface area contributed by atoms with Crippen LogP contribution in [0.15, 0.2) is 36.7 Å². The number of aromatic amines is 1. The summed E-state index contributed by atoms with van der Waals surface area (Å²) in [4.78, 5) is 12.4. The van der Waals surface area contributed by atoms with E-state index in [1.165, 1.54) is 31.4 Å². The molecule has 1 N–H and O–H groups in total. The molecule has 1 aliphatic carbocycles. The fourth-order valence-corrected chi connectivity index (χ4v) is 4.72. The van der Waals surface area contributed by atoms with Gasteiger partial charge in [-0.05, 0) is 31.0 Å². The van der Waals surface area contributed by atoms with Crippen molar-refractivity contribution in [3.63, 3.8) is 0 Å². The van der Waals surface area contributed by atoms with E-state index in [0.717, 1.165) is 50.9 Å². The lowest BCUT2D eigenvalue weighted by Gasteiger charge is -2.42. The second kappa shape index (κ2) is 8.15. The van der Waals surface area contributed by atoms with Crippen molar-refractivity contribution < 1.29 is 13.2 Å². The predicted molar refractivity (Wildman–Crippen MR) is 103 cm³/mol. The lowest BCUT2D eigenvalue weighted by Crippen LogP contribution is -2.52. The highest BCUT2D eigenvalue weighted by Crippen LogP contribution is 2.35. The van der Waals surface area contributed by atoms with Gasteiger partial charge in [-0.3, -0.25) is 4.90 Å². The van der Waals surface area contributed by atoms with Gasteiger partial charge in [-0.1, -0.05) is 25.3 Å². The first-order valence-corrected chi connectivity index (χ1v) is 10.2. The molecular formula is C21H27F3N4. The normalized spacial score (nSPS) is 24.9. The summed E-state index contributed by atoms with van der Waals surface area (Å²) in [6.07, 6.45) is 5.45. The van der Waals surface area contributed by atoms with Gasteiger partial charge in [-0.15, -0.1) is 0 Å². The van der Waals surface area contributed by atoms with Crippen molar-refractivity contribution in [3.8, 4) is 0 Å². The molecule has 2 aliphatic rings. The number of H-pyrrole nitrogens is 1. The molecule has 1 aromatic carbocycles. The van der Waals surface area contributed by atoms with Crippen LogP contribution in [0.3, 0.4) is 0 Å². The average Bonchev–Trinajstić information content (AvgIpc) is 3.12. The Morgan fingerprint density at radius 3 is 2.50 bits per heavy atom. The van der Waals surface area contributed by atoms with E-state index >= 15 is 0 Å². The van der Waals surface area contributed by atoms with Crippen molar-refractivity contribution in [1.29, 1.82) is 0 Å². The zero-order chi connectivity index (χ0) is 19.6. The molecule has 2 atom stereocenters. The second-order valence-corrected chi connectivity index (χ2v) is 7.86. The molecule has 1 aromatic heterocycles. The number of hydrogen-bond donors (Lipinski definition) is 1. The Labute approximate surface area is 163 Å². The summed E-state index contributed by atoms with van der Waals surface area (Å²) in [6.45, 7) is 3.25. The standard InChI is InChI=1S/C21H27F3N4/c22-21(23,24)16-5-4-6-17(15-16)27-11-13-28(14-12-27)19-8-3-1-2-7-18(19)20-25-9-10-26-20/h4-6,9-10,15,18-19H,1-3,7-8,11-14H2,(H,25,26). The molecule has 152 valence electrons. The van der Waals surface area contributed by atoms with Gasteiger partial charge in [-0.25, -0.2) is 4.98 Å². The molecule has 2 fully saturated rings. The third-order valence-electron chi connectivity index (χ3n) is 6.17. The van der Waals surface area contributed by atoms with E-state index in [1.807, 2.05) is 12.4 Å². The van der Waals surface area contributed by atoms with Gasteiger partial charge in [0.15, 0.2) is 0 Å². The van der Waals surface area contributed by atoms with Crippen molar-refractivity contribution in [2.24, 2.45) is 0 Å². The van der Waals surface area contributed by atoms with Crippen molar-refractivity contribution in [1.82, 2.24) is 14.9 Å². The van der Waals surface area contributed by atoms with Crippen molar-refractivity contribution >= 4 is 5.69 Å². The van der Waals surface area contributed by atoms with E-state index in [0.29, 0.717) is 17.6 Å². The highest BCUT2D eigenvalue weighted by Gasteiger charge is 2.34. The van der Waals surface area contributed by atoms with Gasteiger partial charge in [0.25, 0.3) is 0 Å². The topological polar surface area (TPSA) is 35.2 Å². The molecule has 2 aromatic rings. The zero-order valence-electron chi connectivity index (χ0n) is 16.0. The first-order valence-electron chi connectivity index (χ1n) is 10.2. The summed E-state index contributed by atoms with van der Waals surface area (Å²) in [5.74, 6) is 1.49. The van der Waals surface area contributed by atoms with Crippen LogP contribution in [0.25, 0.3) is 0 Å². The Bertz CT molecular complexity index is 751. The molecule has 1 aliphatic heterocycles. The third kappa shape index (κ3) is 4.19. The molecule has 4 rings (SSSR count). The number of imidazole rings is 1. The predicted octanol–water partition coefficient (Wildman–Crippen LogP) is 4.67. The number of benzene rings is 1. The first kappa shape index (κ1) is 19.3. The van der Waals surface area contributed by atoms with Crippen LogP contribution in [-0.2, 0) is 6.18 Å². The van der Waals surface area contributed by atoms with E-state index in [-0.39, 0.29) is 0 Å². The number of halogens is 3. The van der Waals surface area contributed by atoms with Gasteiger partial charge in [0.05, 0.1) is 5.56 Å². The van der Waals surface area contributed by atoms with Crippen LogP contribution in [0.5, 0.6) is 0 Å². The van der Waals surface area contributed by atoms with Crippen LogP contribution in [0.4, 0.5) is 18.9 Å². The lowest BCUT2D eigenvalue weighted by atomic mass is 9.92. The quantitative estimate of drug-likeness (QED) is 0.771. The molecule has 7 heteroatoms. The maximum Gasteiger partial charge on any atom is 0.416 e.